The van der Waals surface area contributed by atoms with Gasteiger partial charge in [0, 0.05) is 16.9 Å². The van der Waals surface area contributed by atoms with Crippen LogP contribution < -0.4 is 0 Å². The van der Waals surface area contributed by atoms with Crippen LogP contribution in [0.1, 0.15) is 15.2 Å². The van der Waals surface area contributed by atoms with Gasteiger partial charge in [0.1, 0.15) is 0 Å². The Morgan fingerprint density at radius 2 is 1.94 bits per heavy atom. The van der Waals surface area contributed by atoms with Crippen LogP contribution in [0.3, 0.4) is 0 Å². The summed E-state index contributed by atoms with van der Waals surface area (Å²) in [5, 5.41) is 0.868. The first kappa shape index (κ1) is 13.1. The lowest BCUT2D eigenvalue weighted by Gasteiger charge is -2.01. The summed E-state index contributed by atoms with van der Waals surface area (Å²) in [5.74, 6) is 0.0397. The predicted octanol–water partition coefficient (Wildman–Crippen LogP) is 5.24. The number of halogens is 3. The second-order valence-corrected chi connectivity index (χ2v) is 6.80. The molecule has 0 unspecified atom stereocenters. The van der Waals surface area contributed by atoms with Gasteiger partial charge < -0.3 is 0 Å². The Balaban J connectivity index is 2.17. The lowest BCUT2D eigenvalue weighted by Crippen LogP contribution is -2.01. The van der Waals surface area contributed by atoms with Crippen LogP contribution in [0.5, 0.6) is 0 Å². The van der Waals surface area contributed by atoms with Crippen LogP contribution in [0.25, 0.3) is 0 Å². The molecule has 0 radical (unpaired) electrons. The second kappa shape index (κ2) is 5.53. The van der Waals surface area contributed by atoms with Crippen molar-refractivity contribution in [3.05, 3.63) is 54.6 Å². The molecule has 0 aliphatic heterocycles. The maximum Gasteiger partial charge on any atom is 0.168 e. The zero-order valence-corrected chi connectivity index (χ0v) is 12.5. The number of benzene rings is 1. The Morgan fingerprint density at radius 3 is 2.53 bits per heavy atom. The highest BCUT2D eigenvalue weighted by atomic mass is 79.9. The summed E-state index contributed by atoms with van der Waals surface area (Å²) >= 11 is 16.6. The van der Waals surface area contributed by atoms with Crippen molar-refractivity contribution in [1.29, 1.82) is 0 Å². The highest BCUT2D eigenvalue weighted by Crippen LogP contribution is 2.25. The Hall–Kier alpha value is -0.350. The summed E-state index contributed by atoms with van der Waals surface area (Å²) in [5.41, 5.74) is 0.587. The fraction of sp³-hybridized carbons (Fsp3) is 0.0833. The average molecular weight is 350 g/mol. The second-order valence-electron chi connectivity index (χ2n) is 3.43. The van der Waals surface area contributed by atoms with Crippen LogP contribution in [0, 0.1) is 0 Å². The molecule has 1 nitrogen and oxygen atoms in total. The third-order valence-electron chi connectivity index (χ3n) is 2.21. The van der Waals surface area contributed by atoms with Crippen LogP contribution in [-0.2, 0) is 6.42 Å². The quantitative estimate of drug-likeness (QED) is 0.692. The van der Waals surface area contributed by atoms with Crippen molar-refractivity contribution in [2.75, 3.05) is 0 Å². The molecule has 0 aliphatic carbocycles. The van der Waals surface area contributed by atoms with Crippen LogP contribution in [0.15, 0.2) is 34.1 Å². The third kappa shape index (κ3) is 3.32. The summed E-state index contributed by atoms with van der Waals surface area (Å²) in [6, 6.07) is 8.81. The lowest BCUT2D eigenvalue weighted by atomic mass is 10.1. The zero-order valence-electron chi connectivity index (χ0n) is 8.54. The highest BCUT2D eigenvalue weighted by molar-refractivity contribution is 9.11. The molecule has 0 spiro atoms. The third-order valence-corrected chi connectivity index (χ3v) is 4.57. The van der Waals surface area contributed by atoms with Crippen molar-refractivity contribution in [3.63, 3.8) is 0 Å². The first-order valence-electron chi connectivity index (χ1n) is 4.79. The Bertz CT molecular complexity index is 565. The number of hydrogen-bond acceptors (Lipinski definition) is 2. The zero-order chi connectivity index (χ0) is 12.4. The van der Waals surface area contributed by atoms with E-state index in [4.69, 9.17) is 23.2 Å². The first-order valence-corrected chi connectivity index (χ1v) is 7.15. The van der Waals surface area contributed by atoms with Crippen molar-refractivity contribution in [3.8, 4) is 0 Å². The van der Waals surface area contributed by atoms with Gasteiger partial charge in [0.2, 0.25) is 0 Å². The van der Waals surface area contributed by atoms with E-state index in [1.165, 1.54) is 0 Å². The van der Waals surface area contributed by atoms with Crippen molar-refractivity contribution in [1.82, 2.24) is 0 Å². The van der Waals surface area contributed by atoms with Gasteiger partial charge in [0.05, 0.1) is 13.8 Å². The van der Waals surface area contributed by atoms with Crippen LogP contribution in [0.4, 0.5) is 0 Å². The van der Waals surface area contributed by atoms with E-state index in [1.54, 1.807) is 29.5 Å². The van der Waals surface area contributed by atoms with Gasteiger partial charge in [-0.15, -0.1) is 11.3 Å². The van der Waals surface area contributed by atoms with E-state index in [-0.39, 0.29) is 5.78 Å². The summed E-state index contributed by atoms with van der Waals surface area (Å²) < 4.78 is 1.02. The number of Topliss-reactive ketones (excluding diaryl/α,β-unsaturated/α-hetero) is 1. The van der Waals surface area contributed by atoms with Gasteiger partial charge >= 0.3 is 0 Å². The Labute approximate surface area is 121 Å². The highest BCUT2D eigenvalue weighted by Gasteiger charge is 2.10. The van der Waals surface area contributed by atoms with Gasteiger partial charge in [-0.3, -0.25) is 4.79 Å². The van der Waals surface area contributed by atoms with Gasteiger partial charge in [-0.2, -0.15) is 0 Å². The molecule has 0 bridgehead atoms. The molecular weight excluding hydrogens is 343 g/mol. The molecule has 1 aromatic heterocycles. The molecule has 0 saturated carbocycles. The van der Waals surface area contributed by atoms with Crippen molar-refractivity contribution in [2.24, 2.45) is 0 Å². The molecule has 2 aromatic rings. The van der Waals surface area contributed by atoms with Crippen molar-refractivity contribution < 1.29 is 4.79 Å². The van der Waals surface area contributed by atoms with Crippen LogP contribution in [0.2, 0.25) is 10.0 Å². The molecule has 0 atom stereocenters. The molecule has 1 heterocycles. The topological polar surface area (TPSA) is 17.1 Å². The van der Waals surface area contributed by atoms with Crippen LogP contribution >= 0.6 is 50.5 Å². The maximum atomic E-state index is 12.0. The maximum absolute atomic E-state index is 12.0. The van der Waals surface area contributed by atoms with Gasteiger partial charge in [-0.1, -0.05) is 23.2 Å². The number of carbonyl (C=O) groups excluding carboxylic acids is 1. The number of thiophene rings is 1. The fourth-order valence-corrected chi connectivity index (χ4v) is 3.16. The molecule has 0 saturated heterocycles. The normalized spacial score (nSPS) is 10.5. The van der Waals surface area contributed by atoms with Crippen molar-refractivity contribution >= 4 is 56.3 Å². The van der Waals surface area contributed by atoms with Gasteiger partial charge in [-0.25, -0.2) is 0 Å². The molecule has 0 amide bonds. The Kier molecular flexibility index (Phi) is 4.26. The largest absolute Gasteiger partial charge is 0.294 e. The monoisotopic (exact) mass is 348 g/mol. The van der Waals surface area contributed by atoms with E-state index >= 15 is 0 Å². The van der Waals surface area contributed by atoms with E-state index in [2.05, 4.69) is 15.9 Å². The smallest absolute Gasteiger partial charge is 0.168 e. The molecule has 0 aliphatic rings. The molecule has 0 N–H and O–H groups in total. The molecule has 0 fully saturated rings. The van der Waals surface area contributed by atoms with E-state index in [0.717, 1.165) is 8.66 Å². The minimum atomic E-state index is 0.0397. The lowest BCUT2D eigenvalue weighted by molar-refractivity contribution is 0.0994. The van der Waals surface area contributed by atoms with E-state index < -0.39 is 0 Å². The number of carbonyl (C=O) groups is 1. The average Bonchev–Trinajstić information content (AvgIpc) is 2.68. The molecule has 17 heavy (non-hydrogen) atoms. The molecule has 2 rings (SSSR count). The van der Waals surface area contributed by atoms with Gasteiger partial charge in [0.15, 0.2) is 5.78 Å². The number of hydrogen-bond donors (Lipinski definition) is 0. The number of rotatable bonds is 3. The molecular formula is C12H7BrCl2OS. The van der Waals surface area contributed by atoms with Crippen molar-refractivity contribution in [2.45, 2.75) is 6.42 Å². The molecule has 5 heteroatoms. The van der Waals surface area contributed by atoms with E-state index in [9.17, 15) is 4.79 Å². The molecule has 88 valence electrons. The van der Waals surface area contributed by atoms with Crippen LogP contribution in [-0.4, -0.2) is 5.78 Å². The fourth-order valence-electron chi connectivity index (χ4n) is 1.38. The standard InChI is InChI=1S/C12H7BrCl2OS/c13-12-4-2-8(17-12)6-11(16)7-1-3-9(14)10(15)5-7/h1-5H,6H2. The summed E-state index contributed by atoms with van der Waals surface area (Å²) in [4.78, 5) is 13.0. The summed E-state index contributed by atoms with van der Waals surface area (Å²) in [6.45, 7) is 0. The van der Waals surface area contributed by atoms with E-state index in [1.807, 2.05) is 12.1 Å². The molecule has 1 aromatic carbocycles. The van der Waals surface area contributed by atoms with E-state index in [0.29, 0.717) is 22.0 Å². The van der Waals surface area contributed by atoms with Gasteiger partial charge in [-0.05, 0) is 46.3 Å². The number of ketones is 1. The van der Waals surface area contributed by atoms with Gasteiger partial charge in [0.25, 0.3) is 0 Å². The SMILES string of the molecule is O=C(Cc1ccc(Br)s1)c1ccc(Cl)c(Cl)c1. The minimum absolute atomic E-state index is 0.0397. The first-order chi connectivity index (χ1) is 8.06. The Morgan fingerprint density at radius 1 is 1.18 bits per heavy atom. The summed E-state index contributed by atoms with van der Waals surface area (Å²) in [7, 11) is 0. The minimum Gasteiger partial charge on any atom is -0.294 e. The predicted molar refractivity (Wildman–Crippen MR) is 76.5 cm³/mol. The summed E-state index contributed by atoms with van der Waals surface area (Å²) in [6.07, 6.45) is 0.383.